The number of hydrogen-bond acceptors (Lipinski definition) is 7. The van der Waals surface area contributed by atoms with E-state index in [0.29, 0.717) is 40.7 Å². The van der Waals surface area contributed by atoms with Crippen LogP contribution in [0.15, 0.2) is 67.0 Å². The van der Waals surface area contributed by atoms with E-state index in [0.717, 1.165) is 11.9 Å². The van der Waals surface area contributed by atoms with Gasteiger partial charge in [-0.05, 0) is 42.7 Å². The third-order valence-corrected chi connectivity index (χ3v) is 6.14. The van der Waals surface area contributed by atoms with E-state index in [9.17, 15) is 9.59 Å². The van der Waals surface area contributed by atoms with Crippen molar-refractivity contribution in [3.8, 4) is 11.5 Å². The molecule has 0 aliphatic carbocycles. The van der Waals surface area contributed by atoms with Crippen molar-refractivity contribution in [3.63, 3.8) is 0 Å². The molecule has 190 valence electrons. The zero-order valence-corrected chi connectivity index (χ0v) is 20.7. The van der Waals surface area contributed by atoms with Crippen molar-refractivity contribution in [2.24, 2.45) is 5.92 Å². The fourth-order valence-corrected chi connectivity index (χ4v) is 4.25. The number of nitrogens with zero attached hydrogens (tertiary/aromatic N) is 5. The van der Waals surface area contributed by atoms with Gasteiger partial charge < -0.3 is 14.8 Å². The van der Waals surface area contributed by atoms with Crippen LogP contribution in [0.1, 0.15) is 31.9 Å². The molecule has 10 heteroatoms. The lowest BCUT2D eigenvalue weighted by Gasteiger charge is -2.31. The topological polar surface area (TPSA) is 111 Å². The summed E-state index contributed by atoms with van der Waals surface area (Å²) in [5.74, 6) is 0.860. The Morgan fingerprint density at radius 3 is 2.73 bits per heavy atom. The Morgan fingerprint density at radius 1 is 1.08 bits per heavy atom. The van der Waals surface area contributed by atoms with Gasteiger partial charge in [-0.15, -0.1) is 5.10 Å². The SMILES string of the molecule is CC(C)CCNC(=O)[C@@H](c1cccnc1)N(C(=O)Cn1nnc2ccccc21)c1ccc2c(c1)OCO2. The maximum Gasteiger partial charge on any atom is 0.249 e. The van der Waals surface area contributed by atoms with E-state index in [4.69, 9.17) is 9.47 Å². The Bertz CT molecular complexity index is 1400. The highest BCUT2D eigenvalue weighted by Crippen LogP contribution is 2.38. The standard InChI is InChI=1S/C27H28N6O4/c1-18(2)11-13-29-27(35)26(19-6-5-12-28-15-19)33(20-9-10-23-24(14-20)37-17-36-23)25(34)16-32-22-8-4-3-7-21(22)30-31-32/h3-10,12,14-15,18,26H,11,13,16-17H2,1-2H3,(H,29,35)/t26-/m1/s1. The summed E-state index contributed by atoms with van der Waals surface area (Å²) in [6.07, 6.45) is 4.05. The quantitative estimate of drug-likeness (QED) is 0.374. The van der Waals surface area contributed by atoms with Crippen molar-refractivity contribution in [1.82, 2.24) is 25.3 Å². The van der Waals surface area contributed by atoms with Crippen LogP contribution in [0.25, 0.3) is 11.0 Å². The number of anilines is 1. The van der Waals surface area contributed by atoms with Gasteiger partial charge in [-0.25, -0.2) is 4.68 Å². The third kappa shape index (κ3) is 5.23. The number of rotatable bonds is 9. The maximum atomic E-state index is 14.0. The van der Waals surface area contributed by atoms with E-state index >= 15 is 0 Å². The molecule has 0 saturated carbocycles. The lowest BCUT2D eigenvalue weighted by molar-refractivity contribution is -0.127. The normalized spacial score (nSPS) is 13.1. The fraction of sp³-hybridized carbons (Fsp3) is 0.296. The molecule has 2 aromatic carbocycles. The van der Waals surface area contributed by atoms with Gasteiger partial charge in [0.05, 0.1) is 5.52 Å². The minimum absolute atomic E-state index is 0.0966. The summed E-state index contributed by atoms with van der Waals surface area (Å²) in [5, 5.41) is 11.3. The van der Waals surface area contributed by atoms with Gasteiger partial charge in [0.25, 0.3) is 0 Å². The molecule has 0 saturated heterocycles. The second-order valence-corrected chi connectivity index (χ2v) is 9.20. The predicted molar refractivity (Wildman–Crippen MR) is 137 cm³/mol. The van der Waals surface area contributed by atoms with Gasteiger partial charge >= 0.3 is 0 Å². The molecule has 1 aliphatic rings. The highest BCUT2D eigenvalue weighted by Gasteiger charge is 2.34. The van der Waals surface area contributed by atoms with Crippen LogP contribution in [0, 0.1) is 5.92 Å². The van der Waals surface area contributed by atoms with E-state index < -0.39 is 6.04 Å². The molecule has 10 nitrogen and oxygen atoms in total. The number of carbonyl (C=O) groups is 2. The highest BCUT2D eigenvalue weighted by molar-refractivity contribution is 6.01. The van der Waals surface area contributed by atoms with Crippen molar-refractivity contribution in [2.75, 3.05) is 18.2 Å². The third-order valence-electron chi connectivity index (χ3n) is 6.14. The summed E-state index contributed by atoms with van der Waals surface area (Å²) in [5.41, 5.74) is 2.48. The molecular formula is C27H28N6O4. The molecule has 37 heavy (non-hydrogen) atoms. The second-order valence-electron chi connectivity index (χ2n) is 9.20. The van der Waals surface area contributed by atoms with Crippen LogP contribution in [0.4, 0.5) is 5.69 Å². The van der Waals surface area contributed by atoms with Crippen molar-refractivity contribution in [1.29, 1.82) is 0 Å². The molecule has 1 aliphatic heterocycles. The Hall–Kier alpha value is -4.47. The van der Waals surface area contributed by atoms with Crippen molar-refractivity contribution < 1.29 is 19.1 Å². The lowest BCUT2D eigenvalue weighted by Crippen LogP contribution is -2.45. The minimum atomic E-state index is -0.969. The Balaban J connectivity index is 1.55. The van der Waals surface area contributed by atoms with Gasteiger partial charge in [0.15, 0.2) is 11.5 Å². The summed E-state index contributed by atoms with van der Waals surface area (Å²) >= 11 is 0. The van der Waals surface area contributed by atoms with Crippen molar-refractivity contribution in [3.05, 3.63) is 72.6 Å². The van der Waals surface area contributed by atoms with Crippen LogP contribution in [0.5, 0.6) is 11.5 Å². The second kappa shape index (κ2) is 10.7. The molecule has 4 aromatic rings. The number of ether oxygens (including phenoxy) is 2. The summed E-state index contributed by atoms with van der Waals surface area (Å²) in [6.45, 7) is 4.65. The molecule has 0 spiro atoms. The molecule has 3 heterocycles. The van der Waals surface area contributed by atoms with Crippen LogP contribution >= 0.6 is 0 Å². The summed E-state index contributed by atoms with van der Waals surface area (Å²) in [7, 11) is 0. The summed E-state index contributed by atoms with van der Waals surface area (Å²) in [6, 6.07) is 15.2. The Kier molecular flexibility index (Phi) is 6.98. The molecule has 5 rings (SSSR count). The molecular weight excluding hydrogens is 472 g/mol. The Morgan fingerprint density at radius 2 is 1.92 bits per heavy atom. The zero-order valence-electron chi connectivity index (χ0n) is 20.7. The zero-order chi connectivity index (χ0) is 25.8. The molecule has 1 atom stereocenters. The fourth-order valence-electron chi connectivity index (χ4n) is 4.25. The number of hydrogen-bond donors (Lipinski definition) is 1. The molecule has 1 N–H and O–H groups in total. The number of nitrogens with one attached hydrogen (secondary N) is 1. The van der Waals surface area contributed by atoms with Crippen LogP contribution in [-0.4, -0.2) is 45.1 Å². The Labute approximate surface area is 214 Å². The smallest absolute Gasteiger partial charge is 0.249 e. The van der Waals surface area contributed by atoms with Crippen LogP contribution in [-0.2, 0) is 16.1 Å². The van der Waals surface area contributed by atoms with Gasteiger partial charge in [-0.1, -0.05) is 37.3 Å². The average Bonchev–Trinajstić information content (AvgIpc) is 3.54. The van der Waals surface area contributed by atoms with Gasteiger partial charge in [0.2, 0.25) is 18.6 Å². The van der Waals surface area contributed by atoms with Crippen LogP contribution in [0.3, 0.4) is 0 Å². The van der Waals surface area contributed by atoms with Crippen LogP contribution < -0.4 is 19.7 Å². The first kappa shape index (κ1) is 24.2. The van der Waals surface area contributed by atoms with Crippen molar-refractivity contribution >= 4 is 28.5 Å². The monoisotopic (exact) mass is 500 g/mol. The maximum absolute atomic E-state index is 14.0. The van der Waals surface area contributed by atoms with E-state index in [-0.39, 0.29) is 25.2 Å². The van der Waals surface area contributed by atoms with E-state index in [2.05, 4.69) is 34.5 Å². The van der Waals surface area contributed by atoms with Gasteiger partial charge in [-0.3, -0.25) is 19.5 Å². The van der Waals surface area contributed by atoms with Crippen LogP contribution in [0.2, 0.25) is 0 Å². The molecule has 0 fully saturated rings. The number of amides is 2. The first-order valence-electron chi connectivity index (χ1n) is 12.2. The average molecular weight is 501 g/mol. The van der Waals surface area contributed by atoms with E-state index in [1.54, 1.807) is 42.7 Å². The number of benzene rings is 2. The number of aromatic nitrogens is 4. The van der Waals surface area contributed by atoms with E-state index in [1.165, 1.54) is 9.58 Å². The molecule has 2 amide bonds. The summed E-state index contributed by atoms with van der Waals surface area (Å²) in [4.78, 5) is 33.4. The van der Waals surface area contributed by atoms with Gasteiger partial charge in [-0.2, -0.15) is 0 Å². The number of pyridine rings is 1. The molecule has 0 unspecified atom stereocenters. The minimum Gasteiger partial charge on any atom is -0.454 e. The lowest BCUT2D eigenvalue weighted by atomic mass is 10.0. The molecule has 0 bridgehead atoms. The van der Waals surface area contributed by atoms with Gasteiger partial charge in [0.1, 0.15) is 18.1 Å². The first-order valence-corrected chi connectivity index (χ1v) is 12.2. The number of fused-ring (bicyclic) bond motifs is 2. The number of para-hydroxylation sites is 1. The van der Waals surface area contributed by atoms with Crippen molar-refractivity contribution in [2.45, 2.75) is 32.9 Å². The largest absolute Gasteiger partial charge is 0.454 e. The highest BCUT2D eigenvalue weighted by atomic mass is 16.7. The first-order chi connectivity index (χ1) is 18.0. The van der Waals surface area contributed by atoms with Gasteiger partial charge in [0, 0.05) is 36.3 Å². The predicted octanol–water partition coefficient (Wildman–Crippen LogP) is 3.49. The molecule has 2 aromatic heterocycles. The summed E-state index contributed by atoms with van der Waals surface area (Å²) < 4.78 is 12.6. The molecule has 0 radical (unpaired) electrons. The number of carbonyl (C=O) groups excluding carboxylic acids is 2. The van der Waals surface area contributed by atoms with E-state index in [1.807, 2.05) is 24.3 Å².